The third-order valence-corrected chi connectivity index (χ3v) is 3.32. The molecule has 0 aliphatic rings. The van der Waals surface area contributed by atoms with E-state index in [1.54, 1.807) is 0 Å². The zero-order valence-electron chi connectivity index (χ0n) is 9.42. The zero-order valence-corrected chi connectivity index (χ0v) is 10.2. The van der Waals surface area contributed by atoms with E-state index < -0.39 is 28.4 Å². The lowest BCUT2D eigenvalue weighted by Gasteiger charge is -2.10. The van der Waals surface area contributed by atoms with Crippen molar-refractivity contribution >= 4 is 23.4 Å². The first-order valence-corrected chi connectivity index (χ1v) is 5.91. The average Bonchev–Trinajstić information content (AvgIpc) is 2.28. The highest BCUT2D eigenvalue weighted by Gasteiger charge is 2.22. The Balaban J connectivity index is 2.88. The number of rotatable bonds is 6. The van der Waals surface area contributed by atoms with Gasteiger partial charge in [-0.05, 0) is 19.2 Å². The van der Waals surface area contributed by atoms with E-state index >= 15 is 0 Å². The summed E-state index contributed by atoms with van der Waals surface area (Å²) in [6.45, 7) is 0. The number of nitrogens with zero attached hydrogens (tertiary/aromatic N) is 1. The Labute approximate surface area is 106 Å². The first-order chi connectivity index (χ1) is 8.47. The maximum absolute atomic E-state index is 13.3. The van der Waals surface area contributed by atoms with Crippen molar-refractivity contribution in [2.75, 3.05) is 12.8 Å². The minimum absolute atomic E-state index is 0.0656. The number of para-hydroxylation sites is 1. The van der Waals surface area contributed by atoms with Crippen LogP contribution in [0.1, 0.15) is 0 Å². The van der Waals surface area contributed by atoms with Crippen LogP contribution in [0.3, 0.4) is 0 Å². The quantitative estimate of drug-likeness (QED) is 0.464. The molecule has 0 fully saturated rings. The lowest BCUT2D eigenvalue weighted by Crippen LogP contribution is -2.35. The maximum Gasteiger partial charge on any atom is 0.321 e. The molecule has 0 aliphatic heterocycles. The van der Waals surface area contributed by atoms with Gasteiger partial charge < -0.3 is 10.4 Å². The van der Waals surface area contributed by atoms with E-state index in [4.69, 9.17) is 5.11 Å². The molecule has 0 saturated carbocycles. The highest BCUT2D eigenvalue weighted by molar-refractivity contribution is 7.99. The Hall–Kier alpha value is -1.67. The Morgan fingerprint density at radius 2 is 2.33 bits per heavy atom. The predicted octanol–water partition coefficient (Wildman–Crippen LogP) is 1.50. The molecule has 1 aromatic carbocycles. The molecule has 0 unspecified atom stereocenters. The summed E-state index contributed by atoms with van der Waals surface area (Å²) in [7, 11) is 1.47. The van der Waals surface area contributed by atoms with Gasteiger partial charge in [0.2, 0.25) is 5.82 Å². The molecule has 0 heterocycles. The molecule has 18 heavy (non-hydrogen) atoms. The zero-order chi connectivity index (χ0) is 13.7. The van der Waals surface area contributed by atoms with Gasteiger partial charge in [0.1, 0.15) is 6.04 Å². The Bertz CT molecular complexity index is 469. The van der Waals surface area contributed by atoms with Gasteiger partial charge >= 0.3 is 11.7 Å². The highest BCUT2D eigenvalue weighted by Crippen LogP contribution is 2.31. The van der Waals surface area contributed by atoms with Crippen LogP contribution in [0.2, 0.25) is 0 Å². The number of nitrogens with one attached hydrogen (secondary N) is 1. The van der Waals surface area contributed by atoms with Gasteiger partial charge in [-0.3, -0.25) is 14.9 Å². The van der Waals surface area contributed by atoms with Crippen molar-refractivity contribution in [3.63, 3.8) is 0 Å². The van der Waals surface area contributed by atoms with Crippen LogP contribution in [0.4, 0.5) is 10.1 Å². The molecule has 0 spiro atoms. The molecule has 98 valence electrons. The maximum atomic E-state index is 13.3. The van der Waals surface area contributed by atoms with Crippen LogP contribution >= 0.6 is 11.8 Å². The van der Waals surface area contributed by atoms with Crippen LogP contribution in [0.5, 0.6) is 0 Å². The van der Waals surface area contributed by atoms with Gasteiger partial charge in [-0.15, -0.1) is 11.8 Å². The molecule has 6 nitrogen and oxygen atoms in total. The number of carboxylic acids is 1. The van der Waals surface area contributed by atoms with Crippen LogP contribution in [0.25, 0.3) is 0 Å². The van der Waals surface area contributed by atoms with Crippen molar-refractivity contribution in [2.24, 2.45) is 0 Å². The average molecular weight is 274 g/mol. The number of nitro benzene ring substituents is 1. The normalized spacial score (nSPS) is 12.1. The molecule has 1 atom stereocenters. The van der Waals surface area contributed by atoms with Crippen molar-refractivity contribution in [3.8, 4) is 0 Å². The van der Waals surface area contributed by atoms with Gasteiger partial charge in [-0.1, -0.05) is 6.07 Å². The van der Waals surface area contributed by atoms with Gasteiger partial charge in [0.25, 0.3) is 0 Å². The number of nitro groups is 1. The molecule has 2 N–H and O–H groups in total. The summed E-state index contributed by atoms with van der Waals surface area (Å²) < 4.78 is 13.3. The van der Waals surface area contributed by atoms with Crippen molar-refractivity contribution in [2.45, 2.75) is 10.9 Å². The molecule has 1 aromatic rings. The number of aliphatic carboxylic acids is 1. The van der Waals surface area contributed by atoms with E-state index in [1.165, 1.54) is 19.2 Å². The van der Waals surface area contributed by atoms with E-state index in [0.29, 0.717) is 0 Å². The number of carboxylic acid groups (broad SMARTS) is 1. The minimum Gasteiger partial charge on any atom is -0.480 e. The second-order valence-corrected chi connectivity index (χ2v) is 4.40. The standard InChI is InChI=1S/C10H11FN2O4S/c1-12-7(10(14)15)5-18-8-4-2-3-6(11)9(8)13(16)17/h2-4,7,12H,5H2,1H3,(H,14,15)/t7-/m0/s1. The number of thioether (sulfide) groups is 1. The molecule has 0 aliphatic carbocycles. The second kappa shape index (κ2) is 6.31. The van der Waals surface area contributed by atoms with E-state index in [1.807, 2.05) is 0 Å². The van der Waals surface area contributed by atoms with Gasteiger partial charge in [0.05, 0.1) is 9.82 Å². The summed E-state index contributed by atoms with van der Waals surface area (Å²) in [4.78, 5) is 20.8. The Kier molecular flexibility index (Phi) is 5.05. The molecule has 0 saturated heterocycles. The molecule has 8 heteroatoms. The van der Waals surface area contributed by atoms with Gasteiger partial charge in [0, 0.05) is 5.75 Å². The van der Waals surface area contributed by atoms with Crippen LogP contribution in [-0.2, 0) is 4.79 Å². The summed E-state index contributed by atoms with van der Waals surface area (Å²) in [5, 5.41) is 22.1. The van der Waals surface area contributed by atoms with Crippen LogP contribution in [0, 0.1) is 15.9 Å². The van der Waals surface area contributed by atoms with Gasteiger partial charge in [0.15, 0.2) is 0 Å². The van der Waals surface area contributed by atoms with E-state index in [-0.39, 0.29) is 10.6 Å². The van der Waals surface area contributed by atoms with Crippen LogP contribution in [0.15, 0.2) is 23.1 Å². The largest absolute Gasteiger partial charge is 0.480 e. The number of likely N-dealkylation sites (N-methyl/N-ethyl adjacent to an activating group) is 1. The lowest BCUT2D eigenvalue weighted by molar-refractivity contribution is -0.390. The van der Waals surface area contributed by atoms with Crippen molar-refractivity contribution in [3.05, 3.63) is 34.1 Å². The van der Waals surface area contributed by atoms with E-state index in [2.05, 4.69) is 5.32 Å². The molecular weight excluding hydrogens is 263 g/mol. The third kappa shape index (κ3) is 3.41. The Morgan fingerprint density at radius 1 is 1.67 bits per heavy atom. The molecule has 0 radical (unpaired) electrons. The predicted molar refractivity (Wildman–Crippen MR) is 64.3 cm³/mol. The summed E-state index contributed by atoms with van der Waals surface area (Å²) in [5.41, 5.74) is -0.622. The number of carbonyl (C=O) groups is 1. The summed E-state index contributed by atoms with van der Waals surface area (Å²) >= 11 is 0.926. The third-order valence-electron chi connectivity index (χ3n) is 2.18. The minimum atomic E-state index is -1.07. The highest BCUT2D eigenvalue weighted by atomic mass is 32.2. The lowest BCUT2D eigenvalue weighted by atomic mass is 10.3. The van der Waals surface area contributed by atoms with Crippen LogP contribution < -0.4 is 5.32 Å². The smallest absolute Gasteiger partial charge is 0.321 e. The fourth-order valence-electron chi connectivity index (χ4n) is 1.24. The van der Waals surface area contributed by atoms with Crippen molar-refractivity contribution in [1.29, 1.82) is 0 Å². The molecule has 1 rings (SSSR count). The molecule has 0 amide bonds. The number of hydrogen-bond acceptors (Lipinski definition) is 5. The van der Waals surface area contributed by atoms with Gasteiger partial charge in [-0.25, -0.2) is 0 Å². The summed E-state index contributed by atoms with van der Waals surface area (Å²) in [6.07, 6.45) is 0. The Morgan fingerprint density at radius 3 is 2.83 bits per heavy atom. The fraction of sp³-hybridized carbons (Fsp3) is 0.300. The molecule has 0 bridgehead atoms. The topological polar surface area (TPSA) is 92.5 Å². The van der Waals surface area contributed by atoms with E-state index in [9.17, 15) is 19.3 Å². The monoisotopic (exact) mass is 274 g/mol. The van der Waals surface area contributed by atoms with E-state index in [0.717, 1.165) is 17.8 Å². The number of halogens is 1. The van der Waals surface area contributed by atoms with Crippen molar-refractivity contribution in [1.82, 2.24) is 5.32 Å². The first-order valence-electron chi connectivity index (χ1n) is 4.93. The first kappa shape index (κ1) is 14.4. The van der Waals surface area contributed by atoms with Crippen molar-refractivity contribution < 1.29 is 19.2 Å². The number of hydrogen-bond donors (Lipinski definition) is 2. The SMILES string of the molecule is CN[C@@H](CSc1cccc(F)c1[N+](=O)[O-])C(=O)O. The fourth-order valence-corrected chi connectivity index (χ4v) is 2.38. The summed E-state index contributed by atoms with van der Waals surface area (Å²) in [6, 6.07) is 2.88. The molecule has 0 aromatic heterocycles. The number of benzene rings is 1. The van der Waals surface area contributed by atoms with Gasteiger partial charge in [-0.2, -0.15) is 4.39 Å². The molecular formula is C10H11FN2O4S. The second-order valence-electron chi connectivity index (χ2n) is 3.33. The summed E-state index contributed by atoms with van der Waals surface area (Å²) in [5.74, 6) is -1.93. The van der Waals surface area contributed by atoms with Crippen LogP contribution in [-0.4, -0.2) is 34.8 Å².